The van der Waals surface area contributed by atoms with Gasteiger partial charge in [-0.3, -0.25) is 4.79 Å². The van der Waals surface area contributed by atoms with Crippen molar-refractivity contribution < 1.29 is 14.3 Å². The molecule has 19 heavy (non-hydrogen) atoms. The molecule has 0 aliphatic carbocycles. The van der Waals surface area contributed by atoms with E-state index in [4.69, 9.17) is 9.47 Å². The molecule has 1 aromatic carbocycles. The van der Waals surface area contributed by atoms with E-state index >= 15 is 0 Å². The highest BCUT2D eigenvalue weighted by molar-refractivity contribution is 14.1. The summed E-state index contributed by atoms with van der Waals surface area (Å²) in [5, 5.41) is 0. The van der Waals surface area contributed by atoms with E-state index in [2.05, 4.69) is 29.5 Å². The second-order valence-electron chi connectivity index (χ2n) is 5.14. The molecule has 1 aliphatic heterocycles. The molecular weight excluding hydrogens is 355 g/mol. The molecule has 4 unspecified atom stereocenters. The van der Waals surface area contributed by atoms with Gasteiger partial charge >= 0.3 is 0 Å². The lowest BCUT2D eigenvalue weighted by Gasteiger charge is -2.18. The van der Waals surface area contributed by atoms with Gasteiger partial charge < -0.3 is 9.47 Å². The third-order valence-electron chi connectivity index (χ3n) is 3.97. The van der Waals surface area contributed by atoms with Crippen LogP contribution in [0.3, 0.4) is 0 Å². The van der Waals surface area contributed by atoms with E-state index in [0.29, 0.717) is 11.3 Å². The Kier molecular flexibility index (Phi) is 4.50. The maximum atomic E-state index is 12.8. The normalized spacial score (nSPS) is 30.4. The van der Waals surface area contributed by atoms with E-state index in [1.54, 1.807) is 7.11 Å². The number of hydrogen-bond acceptors (Lipinski definition) is 3. The smallest absolute Gasteiger partial charge is 0.172 e. The SMILES string of the molecule is COc1ccc(I)cc1C(=O)C1C(C)OC(C)C1C. The Hall–Kier alpha value is -0.620. The topological polar surface area (TPSA) is 35.5 Å². The lowest BCUT2D eigenvalue weighted by atomic mass is 9.83. The number of halogens is 1. The fourth-order valence-electron chi connectivity index (χ4n) is 2.77. The van der Waals surface area contributed by atoms with Crippen LogP contribution in [0.4, 0.5) is 0 Å². The average molecular weight is 374 g/mol. The van der Waals surface area contributed by atoms with Crippen LogP contribution in [-0.2, 0) is 4.74 Å². The summed E-state index contributed by atoms with van der Waals surface area (Å²) in [5.74, 6) is 0.899. The summed E-state index contributed by atoms with van der Waals surface area (Å²) < 4.78 is 12.1. The summed E-state index contributed by atoms with van der Waals surface area (Å²) in [6.07, 6.45) is 0.0813. The summed E-state index contributed by atoms with van der Waals surface area (Å²) in [5.41, 5.74) is 0.663. The number of ether oxygens (including phenoxy) is 2. The average Bonchev–Trinajstić information content (AvgIpc) is 2.62. The van der Waals surface area contributed by atoms with E-state index in [1.807, 2.05) is 32.0 Å². The number of hydrogen-bond donors (Lipinski definition) is 0. The quantitative estimate of drug-likeness (QED) is 0.600. The first-order valence-electron chi connectivity index (χ1n) is 6.49. The predicted octanol–water partition coefficient (Wildman–Crippen LogP) is 3.54. The lowest BCUT2D eigenvalue weighted by molar-refractivity contribution is 0.0490. The fraction of sp³-hybridized carbons (Fsp3) is 0.533. The molecule has 0 radical (unpaired) electrons. The molecule has 4 atom stereocenters. The molecule has 1 saturated heterocycles. The van der Waals surface area contributed by atoms with Gasteiger partial charge in [0.25, 0.3) is 0 Å². The molecule has 0 N–H and O–H groups in total. The van der Waals surface area contributed by atoms with Crippen LogP contribution in [0.2, 0.25) is 0 Å². The number of ketones is 1. The minimum atomic E-state index is -0.0953. The number of benzene rings is 1. The maximum absolute atomic E-state index is 12.8. The van der Waals surface area contributed by atoms with E-state index < -0.39 is 0 Å². The third-order valence-corrected chi connectivity index (χ3v) is 4.64. The Morgan fingerprint density at radius 2 is 1.95 bits per heavy atom. The highest BCUT2D eigenvalue weighted by Gasteiger charge is 2.42. The summed E-state index contributed by atoms with van der Waals surface area (Å²) in [7, 11) is 1.60. The predicted molar refractivity (Wildman–Crippen MR) is 82.7 cm³/mol. The maximum Gasteiger partial charge on any atom is 0.172 e. The molecule has 0 aromatic heterocycles. The minimum absolute atomic E-state index is 0.0416. The van der Waals surface area contributed by atoms with Crippen molar-refractivity contribution in [1.29, 1.82) is 0 Å². The van der Waals surface area contributed by atoms with Crippen LogP contribution in [0.1, 0.15) is 31.1 Å². The zero-order valence-electron chi connectivity index (χ0n) is 11.6. The van der Waals surface area contributed by atoms with Crippen LogP contribution >= 0.6 is 22.6 Å². The van der Waals surface area contributed by atoms with Gasteiger partial charge in [-0.25, -0.2) is 0 Å². The van der Waals surface area contributed by atoms with E-state index in [0.717, 1.165) is 3.57 Å². The van der Waals surface area contributed by atoms with Crippen molar-refractivity contribution in [3.05, 3.63) is 27.3 Å². The van der Waals surface area contributed by atoms with Gasteiger partial charge in [0.05, 0.1) is 30.8 Å². The van der Waals surface area contributed by atoms with Crippen LogP contribution in [0.15, 0.2) is 18.2 Å². The van der Waals surface area contributed by atoms with Gasteiger partial charge in [-0.15, -0.1) is 0 Å². The van der Waals surface area contributed by atoms with Gasteiger partial charge in [-0.1, -0.05) is 6.92 Å². The molecule has 1 aromatic rings. The number of carbonyl (C=O) groups is 1. The van der Waals surface area contributed by atoms with Crippen molar-refractivity contribution in [2.24, 2.45) is 11.8 Å². The van der Waals surface area contributed by atoms with Crippen molar-refractivity contribution in [2.45, 2.75) is 33.0 Å². The first kappa shape index (κ1) is 14.8. The lowest BCUT2D eigenvalue weighted by Crippen LogP contribution is -2.27. The summed E-state index contributed by atoms with van der Waals surface area (Å²) >= 11 is 2.21. The Bertz CT molecular complexity index is 486. The van der Waals surface area contributed by atoms with Gasteiger partial charge in [0.1, 0.15) is 5.75 Å². The molecule has 3 nitrogen and oxygen atoms in total. The first-order chi connectivity index (χ1) is 8.95. The number of carbonyl (C=O) groups excluding carboxylic acids is 1. The van der Waals surface area contributed by atoms with Crippen molar-refractivity contribution >= 4 is 28.4 Å². The largest absolute Gasteiger partial charge is 0.496 e. The first-order valence-corrected chi connectivity index (χ1v) is 7.56. The number of rotatable bonds is 3. The van der Waals surface area contributed by atoms with Crippen LogP contribution in [0.25, 0.3) is 0 Å². The van der Waals surface area contributed by atoms with Crippen molar-refractivity contribution in [2.75, 3.05) is 7.11 Å². The molecule has 2 rings (SSSR count). The molecule has 104 valence electrons. The van der Waals surface area contributed by atoms with Crippen molar-refractivity contribution in [3.8, 4) is 5.75 Å². The number of methoxy groups -OCH3 is 1. The monoisotopic (exact) mass is 374 g/mol. The number of Topliss-reactive ketones (excluding diaryl/α,β-unsaturated/α-hetero) is 1. The Balaban J connectivity index is 2.36. The Labute approximate surface area is 127 Å². The van der Waals surface area contributed by atoms with Crippen LogP contribution in [0, 0.1) is 15.4 Å². The highest BCUT2D eigenvalue weighted by Crippen LogP contribution is 2.36. The Morgan fingerprint density at radius 3 is 2.47 bits per heavy atom. The molecule has 0 amide bonds. The highest BCUT2D eigenvalue weighted by atomic mass is 127. The van der Waals surface area contributed by atoms with Crippen molar-refractivity contribution in [1.82, 2.24) is 0 Å². The summed E-state index contributed by atoms with van der Waals surface area (Å²) in [4.78, 5) is 12.8. The summed E-state index contributed by atoms with van der Waals surface area (Å²) in [6, 6.07) is 5.69. The van der Waals surface area contributed by atoms with Crippen LogP contribution in [-0.4, -0.2) is 25.1 Å². The molecule has 1 heterocycles. The second-order valence-corrected chi connectivity index (χ2v) is 6.39. The molecule has 0 saturated carbocycles. The van der Waals surface area contributed by atoms with E-state index in [9.17, 15) is 4.79 Å². The molecule has 1 aliphatic rings. The van der Waals surface area contributed by atoms with Crippen LogP contribution in [0.5, 0.6) is 5.75 Å². The molecule has 1 fully saturated rings. The van der Waals surface area contributed by atoms with E-state index in [-0.39, 0.29) is 29.8 Å². The summed E-state index contributed by atoms with van der Waals surface area (Å²) in [6.45, 7) is 6.08. The van der Waals surface area contributed by atoms with Crippen molar-refractivity contribution in [3.63, 3.8) is 0 Å². The minimum Gasteiger partial charge on any atom is -0.496 e. The van der Waals surface area contributed by atoms with Gasteiger partial charge in [-0.05, 0) is 60.6 Å². The second kappa shape index (κ2) is 5.79. The molecule has 0 spiro atoms. The van der Waals surface area contributed by atoms with Gasteiger partial charge in [0.15, 0.2) is 5.78 Å². The fourth-order valence-corrected chi connectivity index (χ4v) is 3.26. The van der Waals surface area contributed by atoms with E-state index in [1.165, 1.54) is 0 Å². The molecule has 0 bridgehead atoms. The third kappa shape index (κ3) is 2.79. The van der Waals surface area contributed by atoms with Gasteiger partial charge in [0.2, 0.25) is 0 Å². The zero-order chi connectivity index (χ0) is 14.2. The van der Waals surface area contributed by atoms with Crippen LogP contribution < -0.4 is 4.74 Å². The Morgan fingerprint density at radius 1 is 1.26 bits per heavy atom. The molecule has 4 heteroatoms. The standard InChI is InChI=1S/C15H19IO3/c1-8-9(2)19-10(3)14(8)15(17)12-7-11(16)5-6-13(12)18-4/h5-10,14H,1-4H3. The zero-order valence-corrected chi connectivity index (χ0v) is 13.8. The van der Waals surface area contributed by atoms with Gasteiger partial charge in [-0.2, -0.15) is 0 Å². The van der Waals surface area contributed by atoms with Gasteiger partial charge in [0, 0.05) is 3.57 Å². The molecular formula is C15H19IO3.